The van der Waals surface area contributed by atoms with Crippen LogP contribution in [0.25, 0.3) is 0 Å². The van der Waals surface area contributed by atoms with Crippen LogP contribution in [0.3, 0.4) is 0 Å². The fourth-order valence-corrected chi connectivity index (χ4v) is 4.33. The second-order valence-corrected chi connectivity index (χ2v) is 8.65. The second kappa shape index (κ2) is 11.1. The summed E-state index contributed by atoms with van der Waals surface area (Å²) in [5, 5.41) is 5.56. The first-order chi connectivity index (χ1) is 15.8. The number of methoxy groups -OCH3 is 2. The summed E-state index contributed by atoms with van der Waals surface area (Å²) in [6.45, 7) is -1.17. The summed E-state index contributed by atoms with van der Waals surface area (Å²) in [7, 11) is 2.40. The Bertz CT molecular complexity index is 1140. The van der Waals surface area contributed by atoms with Crippen molar-refractivity contribution >= 4 is 40.7 Å². The van der Waals surface area contributed by atoms with Crippen molar-refractivity contribution in [1.29, 1.82) is 0 Å². The molecule has 0 saturated heterocycles. The summed E-state index contributed by atoms with van der Waals surface area (Å²) in [6, 6.07) is 9.09. The first-order valence-electron chi connectivity index (χ1n) is 9.51. The molecule has 7 nitrogen and oxygen atoms in total. The third kappa shape index (κ3) is 6.42. The molecule has 0 spiro atoms. The van der Waals surface area contributed by atoms with Crippen LogP contribution in [0.15, 0.2) is 46.7 Å². The van der Waals surface area contributed by atoms with Crippen molar-refractivity contribution in [1.82, 2.24) is 4.98 Å². The standard InChI is InChI=1S/C22H20F2N2O5S2/c1-12-25-14(10-32-12)11-33-15-6-4-13(5-7-15)20(27)26-17-9-19(31-22(23)24)18(29-2)8-16(17)21(28)30-3/h4-10,22H,11H2,1-3H3,(H,26,27). The maximum absolute atomic E-state index is 12.8. The molecule has 1 N–H and O–H groups in total. The van der Waals surface area contributed by atoms with Crippen molar-refractivity contribution in [3.8, 4) is 11.5 Å². The van der Waals surface area contributed by atoms with Gasteiger partial charge >= 0.3 is 12.6 Å². The van der Waals surface area contributed by atoms with Crippen LogP contribution < -0.4 is 14.8 Å². The van der Waals surface area contributed by atoms with Crippen molar-refractivity contribution in [3.05, 3.63) is 63.6 Å². The number of thiazole rings is 1. The van der Waals surface area contributed by atoms with E-state index in [0.29, 0.717) is 11.3 Å². The molecule has 0 saturated carbocycles. The van der Waals surface area contributed by atoms with Crippen molar-refractivity contribution in [2.24, 2.45) is 0 Å². The number of aromatic nitrogens is 1. The molecular weight excluding hydrogens is 474 g/mol. The average molecular weight is 495 g/mol. The highest BCUT2D eigenvalue weighted by molar-refractivity contribution is 7.98. The molecular formula is C22H20F2N2O5S2. The quantitative estimate of drug-likeness (QED) is 0.315. The Kier molecular flexibility index (Phi) is 8.23. The third-order valence-electron chi connectivity index (χ3n) is 4.34. The SMILES string of the molecule is COC(=O)c1cc(OC)c(OC(F)F)cc1NC(=O)c1ccc(SCc2csc(C)n2)cc1. The van der Waals surface area contributed by atoms with Crippen LogP contribution >= 0.6 is 23.1 Å². The summed E-state index contributed by atoms with van der Waals surface area (Å²) in [5.74, 6) is -1.06. The van der Waals surface area contributed by atoms with E-state index in [4.69, 9.17) is 9.47 Å². The van der Waals surface area contributed by atoms with Crippen molar-refractivity contribution in [2.45, 2.75) is 24.2 Å². The number of nitrogens with zero attached hydrogens (tertiary/aromatic N) is 1. The van der Waals surface area contributed by atoms with Gasteiger partial charge in [-0.1, -0.05) is 0 Å². The van der Waals surface area contributed by atoms with E-state index >= 15 is 0 Å². The van der Waals surface area contributed by atoms with Gasteiger partial charge in [0.1, 0.15) is 0 Å². The van der Waals surface area contributed by atoms with Gasteiger partial charge in [0.2, 0.25) is 0 Å². The molecule has 174 valence electrons. The van der Waals surface area contributed by atoms with Crippen LogP contribution in [0.1, 0.15) is 31.4 Å². The smallest absolute Gasteiger partial charge is 0.387 e. The Hall–Kier alpha value is -3.18. The number of esters is 1. The molecule has 1 amide bonds. The zero-order valence-electron chi connectivity index (χ0n) is 17.9. The number of aryl methyl sites for hydroxylation is 1. The van der Waals surface area contributed by atoms with Gasteiger partial charge in [-0.05, 0) is 31.2 Å². The molecule has 0 atom stereocenters. The van der Waals surface area contributed by atoms with Gasteiger partial charge < -0.3 is 19.5 Å². The lowest BCUT2D eigenvalue weighted by molar-refractivity contribution is -0.0511. The summed E-state index contributed by atoms with van der Waals surface area (Å²) >= 11 is 3.17. The number of anilines is 1. The molecule has 0 bridgehead atoms. The highest BCUT2D eigenvalue weighted by Gasteiger charge is 2.21. The second-order valence-electron chi connectivity index (χ2n) is 6.54. The predicted octanol–water partition coefficient (Wildman–Crippen LogP) is 5.39. The molecule has 33 heavy (non-hydrogen) atoms. The van der Waals surface area contributed by atoms with Gasteiger partial charge in [0.25, 0.3) is 5.91 Å². The Balaban J connectivity index is 1.78. The van der Waals surface area contributed by atoms with E-state index in [0.717, 1.165) is 28.8 Å². The zero-order valence-corrected chi connectivity index (χ0v) is 19.5. The van der Waals surface area contributed by atoms with E-state index in [1.807, 2.05) is 12.3 Å². The maximum atomic E-state index is 12.8. The molecule has 2 aromatic carbocycles. The van der Waals surface area contributed by atoms with Crippen molar-refractivity contribution in [3.63, 3.8) is 0 Å². The van der Waals surface area contributed by atoms with Crippen LogP contribution in [0.2, 0.25) is 0 Å². The molecule has 0 aliphatic carbocycles. The van der Waals surface area contributed by atoms with Gasteiger partial charge in [-0.25, -0.2) is 9.78 Å². The Morgan fingerprint density at radius 1 is 1.15 bits per heavy atom. The molecule has 0 fully saturated rings. The summed E-state index contributed by atoms with van der Waals surface area (Å²) in [5.41, 5.74) is 1.17. The van der Waals surface area contributed by atoms with Crippen molar-refractivity contribution < 1.29 is 32.6 Å². The van der Waals surface area contributed by atoms with Gasteiger partial charge in [-0.3, -0.25) is 4.79 Å². The molecule has 0 aliphatic heterocycles. The van der Waals surface area contributed by atoms with E-state index in [1.165, 1.54) is 13.2 Å². The number of rotatable bonds is 9. The average Bonchev–Trinajstić information content (AvgIpc) is 3.22. The number of carbonyl (C=O) groups is 2. The van der Waals surface area contributed by atoms with Gasteiger partial charge in [-0.2, -0.15) is 8.78 Å². The van der Waals surface area contributed by atoms with Crippen LogP contribution in [-0.4, -0.2) is 37.7 Å². The minimum atomic E-state index is -3.12. The topological polar surface area (TPSA) is 86.8 Å². The van der Waals surface area contributed by atoms with E-state index in [-0.39, 0.29) is 22.7 Å². The highest BCUT2D eigenvalue weighted by Crippen LogP contribution is 2.35. The number of hydrogen-bond acceptors (Lipinski definition) is 8. The highest BCUT2D eigenvalue weighted by atomic mass is 32.2. The zero-order chi connectivity index (χ0) is 24.0. The molecule has 11 heteroatoms. The first-order valence-corrected chi connectivity index (χ1v) is 11.4. The number of nitrogens with one attached hydrogen (secondary N) is 1. The van der Waals surface area contributed by atoms with Crippen LogP contribution in [0, 0.1) is 6.92 Å². The lowest BCUT2D eigenvalue weighted by Gasteiger charge is -2.15. The number of carbonyl (C=O) groups excluding carboxylic acids is 2. The number of halogens is 2. The van der Waals surface area contributed by atoms with E-state index in [2.05, 4.69) is 15.0 Å². The molecule has 1 aromatic heterocycles. The van der Waals surface area contributed by atoms with Crippen LogP contribution in [0.5, 0.6) is 11.5 Å². The fraction of sp³-hybridized carbons (Fsp3) is 0.227. The molecule has 0 aliphatic rings. The maximum Gasteiger partial charge on any atom is 0.387 e. The number of alkyl halides is 2. The number of ether oxygens (including phenoxy) is 3. The predicted molar refractivity (Wildman–Crippen MR) is 122 cm³/mol. The molecule has 3 rings (SSSR count). The van der Waals surface area contributed by atoms with Crippen LogP contribution in [0.4, 0.5) is 14.5 Å². The van der Waals surface area contributed by atoms with E-state index in [1.54, 1.807) is 47.4 Å². The van der Waals surface area contributed by atoms with Gasteiger partial charge in [-0.15, -0.1) is 23.1 Å². The van der Waals surface area contributed by atoms with Crippen molar-refractivity contribution in [2.75, 3.05) is 19.5 Å². The lowest BCUT2D eigenvalue weighted by Crippen LogP contribution is -2.16. The van der Waals surface area contributed by atoms with Gasteiger partial charge in [0, 0.05) is 33.7 Å². The third-order valence-corrected chi connectivity index (χ3v) is 6.21. The molecule has 0 unspecified atom stereocenters. The molecule has 3 aromatic rings. The van der Waals surface area contributed by atoms with Crippen LogP contribution in [-0.2, 0) is 10.5 Å². The fourth-order valence-electron chi connectivity index (χ4n) is 2.82. The number of amides is 1. The van der Waals surface area contributed by atoms with E-state index in [9.17, 15) is 18.4 Å². The number of hydrogen-bond donors (Lipinski definition) is 1. The van der Waals surface area contributed by atoms with E-state index < -0.39 is 18.5 Å². The number of thioether (sulfide) groups is 1. The summed E-state index contributed by atoms with van der Waals surface area (Å²) in [6.07, 6.45) is 0. The molecule has 0 radical (unpaired) electrons. The normalized spacial score (nSPS) is 10.7. The Labute approximate surface area is 197 Å². The largest absolute Gasteiger partial charge is 0.493 e. The summed E-state index contributed by atoms with van der Waals surface area (Å²) < 4.78 is 39.7. The monoisotopic (exact) mass is 494 g/mol. The Morgan fingerprint density at radius 2 is 1.88 bits per heavy atom. The summed E-state index contributed by atoms with van der Waals surface area (Å²) in [4.78, 5) is 30.3. The van der Waals surface area contributed by atoms with Gasteiger partial charge in [0.15, 0.2) is 11.5 Å². The molecule has 1 heterocycles. The first kappa shape index (κ1) is 24.5. The minimum Gasteiger partial charge on any atom is -0.493 e. The Morgan fingerprint density at radius 3 is 2.45 bits per heavy atom. The minimum absolute atomic E-state index is 0.0550. The lowest BCUT2D eigenvalue weighted by atomic mass is 10.1. The number of benzene rings is 2. The van der Waals surface area contributed by atoms with Gasteiger partial charge in [0.05, 0.1) is 36.2 Å².